The first kappa shape index (κ1) is 18.5. The molecule has 0 spiro atoms. The van der Waals surface area contributed by atoms with E-state index in [-0.39, 0.29) is 11.9 Å². The van der Waals surface area contributed by atoms with E-state index >= 15 is 0 Å². The molecule has 2 N–H and O–H groups in total. The second kappa shape index (κ2) is 7.92. The molecule has 136 valence electrons. The number of nitrogens with zero attached hydrogens (tertiary/aromatic N) is 1. The number of benzene rings is 1. The van der Waals surface area contributed by atoms with Gasteiger partial charge >= 0.3 is 0 Å². The van der Waals surface area contributed by atoms with Crippen LogP contribution >= 0.6 is 11.3 Å². The molecule has 1 heterocycles. The first-order valence-corrected chi connectivity index (χ1v) is 10.0. The topological polar surface area (TPSA) is 64.9 Å². The van der Waals surface area contributed by atoms with Crippen LogP contribution in [0.5, 0.6) is 0 Å². The summed E-state index contributed by atoms with van der Waals surface area (Å²) in [4.78, 5) is 13.9. The minimum absolute atomic E-state index is 0.115. The maximum absolute atomic E-state index is 12.6. The second-order valence-electron chi connectivity index (χ2n) is 7.03. The van der Waals surface area contributed by atoms with Crippen LogP contribution in [0.15, 0.2) is 18.2 Å². The van der Waals surface area contributed by atoms with Crippen molar-refractivity contribution in [2.75, 3.05) is 10.6 Å². The standard InChI is InChI=1S/C21H25N3OS/c1-13-9-10-16(11-14(13)2)23-15(3)20(25)24-21-18(12-22)17-7-5-4-6-8-19(17)26-21/h9-11,15,23H,4-8H2,1-3H3,(H,24,25). The van der Waals surface area contributed by atoms with E-state index in [1.165, 1.54) is 22.4 Å². The summed E-state index contributed by atoms with van der Waals surface area (Å²) in [5.74, 6) is -0.115. The summed E-state index contributed by atoms with van der Waals surface area (Å²) in [7, 11) is 0. The van der Waals surface area contributed by atoms with Crippen LogP contribution in [0.25, 0.3) is 0 Å². The lowest BCUT2D eigenvalue weighted by Crippen LogP contribution is -2.31. The highest BCUT2D eigenvalue weighted by Crippen LogP contribution is 2.37. The Labute approximate surface area is 159 Å². The predicted molar refractivity (Wildman–Crippen MR) is 108 cm³/mol. The van der Waals surface area contributed by atoms with Crippen molar-refractivity contribution in [1.29, 1.82) is 5.26 Å². The van der Waals surface area contributed by atoms with Crippen molar-refractivity contribution in [2.24, 2.45) is 0 Å². The number of rotatable bonds is 4. The lowest BCUT2D eigenvalue weighted by molar-refractivity contribution is -0.116. The third-order valence-electron chi connectivity index (χ3n) is 5.05. The van der Waals surface area contributed by atoms with E-state index in [9.17, 15) is 10.1 Å². The van der Waals surface area contributed by atoms with E-state index < -0.39 is 0 Å². The van der Waals surface area contributed by atoms with Gasteiger partial charge in [-0.3, -0.25) is 4.79 Å². The van der Waals surface area contributed by atoms with E-state index in [1.807, 2.05) is 25.1 Å². The molecule has 0 radical (unpaired) electrons. The van der Waals surface area contributed by atoms with Crippen molar-refractivity contribution in [3.63, 3.8) is 0 Å². The van der Waals surface area contributed by atoms with Crippen molar-refractivity contribution in [2.45, 2.75) is 58.9 Å². The van der Waals surface area contributed by atoms with Gasteiger partial charge in [0.1, 0.15) is 17.1 Å². The van der Waals surface area contributed by atoms with Gasteiger partial charge in [-0.05, 0) is 75.3 Å². The molecule has 5 heteroatoms. The number of carbonyl (C=O) groups is 1. The van der Waals surface area contributed by atoms with Crippen molar-refractivity contribution in [3.05, 3.63) is 45.3 Å². The van der Waals surface area contributed by atoms with Crippen molar-refractivity contribution < 1.29 is 4.79 Å². The Morgan fingerprint density at radius 2 is 1.96 bits per heavy atom. The number of carbonyl (C=O) groups excluding carboxylic acids is 1. The van der Waals surface area contributed by atoms with Gasteiger partial charge in [-0.2, -0.15) is 5.26 Å². The highest BCUT2D eigenvalue weighted by atomic mass is 32.1. The minimum Gasteiger partial charge on any atom is -0.374 e. The molecule has 3 rings (SSSR count). The Hall–Kier alpha value is -2.32. The zero-order chi connectivity index (χ0) is 18.7. The molecule has 0 aliphatic heterocycles. The van der Waals surface area contributed by atoms with Crippen LogP contribution in [0.2, 0.25) is 0 Å². The summed E-state index contributed by atoms with van der Waals surface area (Å²) in [5, 5.41) is 16.5. The van der Waals surface area contributed by atoms with Gasteiger partial charge in [0.05, 0.1) is 5.56 Å². The normalized spacial score (nSPS) is 14.7. The fourth-order valence-corrected chi connectivity index (χ4v) is 4.56. The van der Waals surface area contributed by atoms with E-state index in [0.29, 0.717) is 10.6 Å². The fraction of sp³-hybridized carbons (Fsp3) is 0.429. The van der Waals surface area contributed by atoms with Gasteiger partial charge < -0.3 is 10.6 Å². The van der Waals surface area contributed by atoms with Crippen LogP contribution in [0.4, 0.5) is 10.7 Å². The molecule has 0 fully saturated rings. The molecule has 1 atom stereocenters. The summed E-state index contributed by atoms with van der Waals surface area (Å²) < 4.78 is 0. The number of thiophene rings is 1. The van der Waals surface area contributed by atoms with E-state index in [2.05, 4.69) is 30.6 Å². The van der Waals surface area contributed by atoms with Crippen molar-refractivity contribution in [1.82, 2.24) is 0 Å². The molecule has 0 saturated heterocycles. The molecule has 26 heavy (non-hydrogen) atoms. The SMILES string of the molecule is Cc1ccc(NC(C)C(=O)Nc2sc3c(c2C#N)CCCCC3)cc1C. The molecule has 1 amide bonds. The Morgan fingerprint density at radius 3 is 2.69 bits per heavy atom. The van der Waals surface area contributed by atoms with Crippen molar-refractivity contribution >= 4 is 27.9 Å². The molecular weight excluding hydrogens is 342 g/mol. The first-order valence-electron chi connectivity index (χ1n) is 9.19. The largest absolute Gasteiger partial charge is 0.374 e. The summed E-state index contributed by atoms with van der Waals surface area (Å²) in [6.07, 6.45) is 5.46. The molecule has 1 unspecified atom stereocenters. The van der Waals surface area contributed by atoms with E-state index in [0.717, 1.165) is 36.9 Å². The molecule has 1 aliphatic rings. The number of hydrogen-bond acceptors (Lipinski definition) is 4. The molecule has 2 aromatic rings. The average molecular weight is 368 g/mol. The average Bonchev–Trinajstić information content (AvgIpc) is 2.77. The summed E-state index contributed by atoms with van der Waals surface area (Å²) in [6.45, 7) is 5.97. The lowest BCUT2D eigenvalue weighted by atomic mass is 10.1. The van der Waals surface area contributed by atoms with Crippen LogP contribution in [0.3, 0.4) is 0 Å². The van der Waals surface area contributed by atoms with Gasteiger partial charge in [-0.25, -0.2) is 0 Å². The third-order valence-corrected chi connectivity index (χ3v) is 6.26. The number of nitriles is 1. The molecule has 4 nitrogen and oxygen atoms in total. The monoisotopic (exact) mass is 367 g/mol. The molecular formula is C21H25N3OS. The number of aryl methyl sites for hydroxylation is 3. The highest BCUT2D eigenvalue weighted by Gasteiger charge is 2.22. The smallest absolute Gasteiger partial charge is 0.247 e. The Morgan fingerprint density at radius 1 is 1.19 bits per heavy atom. The minimum atomic E-state index is -0.384. The summed E-state index contributed by atoms with van der Waals surface area (Å²) >= 11 is 1.57. The van der Waals surface area contributed by atoms with Crippen LogP contribution in [0.1, 0.15) is 53.3 Å². The summed E-state index contributed by atoms with van der Waals surface area (Å²) in [5.41, 5.74) is 5.17. The predicted octanol–water partition coefficient (Wildman–Crippen LogP) is 4.94. The maximum atomic E-state index is 12.6. The van der Waals surface area contributed by atoms with Gasteiger partial charge in [-0.15, -0.1) is 11.3 Å². The van der Waals surface area contributed by atoms with Crippen molar-refractivity contribution in [3.8, 4) is 6.07 Å². The number of fused-ring (bicyclic) bond motifs is 1. The Bertz CT molecular complexity index is 863. The molecule has 1 aliphatic carbocycles. The zero-order valence-electron chi connectivity index (χ0n) is 15.6. The van der Waals surface area contributed by atoms with Crippen LogP contribution in [0, 0.1) is 25.2 Å². The first-order chi connectivity index (χ1) is 12.5. The van der Waals surface area contributed by atoms with E-state index in [1.54, 1.807) is 11.3 Å². The lowest BCUT2D eigenvalue weighted by Gasteiger charge is -2.16. The molecule has 0 bridgehead atoms. The van der Waals surface area contributed by atoms with Crippen LogP contribution < -0.4 is 10.6 Å². The van der Waals surface area contributed by atoms with Gasteiger partial charge in [0.2, 0.25) is 5.91 Å². The zero-order valence-corrected chi connectivity index (χ0v) is 16.4. The van der Waals surface area contributed by atoms with Gasteiger partial charge in [0.15, 0.2) is 0 Å². The van der Waals surface area contributed by atoms with Gasteiger partial charge in [0, 0.05) is 10.6 Å². The third kappa shape index (κ3) is 3.91. The second-order valence-corrected chi connectivity index (χ2v) is 8.14. The number of hydrogen-bond donors (Lipinski definition) is 2. The molecule has 0 saturated carbocycles. The number of nitrogens with one attached hydrogen (secondary N) is 2. The van der Waals surface area contributed by atoms with Gasteiger partial charge in [-0.1, -0.05) is 12.5 Å². The molecule has 1 aromatic heterocycles. The number of amides is 1. The molecule has 1 aromatic carbocycles. The highest BCUT2D eigenvalue weighted by molar-refractivity contribution is 7.16. The Balaban J connectivity index is 1.73. The quantitative estimate of drug-likeness (QED) is 0.752. The summed E-state index contributed by atoms with van der Waals surface area (Å²) in [6, 6.07) is 8.01. The van der Waals surface area contributed by atoms with Crippen LogP contribution in [-0.4, -0.2) is 11.9 Å². The number of anilines is 2. The maximum Gasteiger partial charge on any atom is 0.247 e. The fourth-order valence-electron chi connectivity index (χ4n) is 3.32. The van der Waals surface area contributed by atoms with Gasteiger partial charge in [0.25, 0.3) is 0 Å². The Kier molecular flexibility index (Phi) is 5.63. The van der Waals surface area contributed by atoms with E-state index in [4.69, 9.17) is 0 Å². The van der Waals surface area contributed by atoms with Crippen LogP contribution in [-0.2, 0) is 17.6 Å².